The fourth-order valence-corrected chi connectivity index (χ4v) is 2.41. The average Bonchev–Trinajstić information content (AvgIpc) is 2.56. The zero-order valence-corrected chi connectivity index (χ0v) is 14.7. The highest BCUT2D eigenvalue weighted by Gasteiger charge is 2.34. The van der Waals surface area contributed by atoms with E-state index in [1.807, 2.05) is 0 Å². The molecule has 0 spiro atoms. The lowest BCUT2D eigenvalue weighted by atomic mass is 10.2. The van der Waals surface area contributed by atoms with Crippen molar-refractivity contribution in [1.29, 1.82) is 0 Å². The Labute approximate surface area is 154 Å². The van der Waals surface area contributed by atoms with Gasteiger partial charge in [-0.3, -0.25) is 14.4 Å². The number of hydrogen-bond acceptors (Lipinski definition) is 3. The highest BCUT2D eigenvalue weighted by Crippen LogP contribution is 2.26. The summed E-state index contributed by atoms with van der Waals surface area (Å²) >= 11 is 3.25. The molecule has 26 heavy (non-hydrogen) atoms. The van der Waals surface area contributed by atoms with Crippen LogP contribution in [0.5, 0.6) is 0 Å². The highest BCUT2D eigenvalue weighted by molar-refractivity contribution is 9.10. The van der Waals surface area contributed by atoms with Gasteiger partial charge < -0.3 is 15.2 Å². The number of alkyl halides is 3. The van der Waals surface area contributed by atoms with E-state index in [1.54, 1.807) is 24.3 Å². The molecule has 0 radical (unpaired) electrons. The van der Waals surface area contributed by atoms with Crippen LogP contribution in [0.2, 0.25) is 0 Å². The Hall–Kier alpha value is -2.62. The Morgan fingerprint density at radius 3 is 2.42 bits per heavy atom. The van der Waals surface area contributed by atoms with Crippen LogP contribution in [0.1, 0.15) is 5.56 Å². The lowest BCUT2D eigenvalue weighted by Crippen LogP contribution is -2.38. The first-order valence-corrected chi connectivity index (χ1v) is 8.05. The van der Waals surface area contributed by atoms with Gasteiger partial charge in [-0.1, -0.05) is 12.1 Å². The first kappa shape index (κ1) is 19.7. The Balaban J connectivity index is 1.94. The van der Waals surface area contributed by atoms with Crippen LogP contribution in [-0.2, 0) is 22.3 Å². The van der Waals surface area contributed by atoms with E-state index in [0.717, 1.165) is 12.3 Å². The number of benzene rings is 1. The fraction of sp³-hybridized carbons (Fsp3) is 0.188. The third-order valence-electron chi connectivity index (χ3n) is 3.23. The number of nitrogens with zero attached hydrogens (tertiary/aromatic N) is 1. The molecule has 2 amide bonds. The van der Waals surface area contributed by atoms with Crippen LogP contribution in [0.3, 0.4) is 0 Å². The van der Waals surface area contributed by atoms with Crippen LogP contribution in [0.25, 0.3) is 0 Å². The molecule has 0 aliphatic heterocycles. The van der Waals surface area contributed by atoms with Crippen molar-refractivity contribution in [3.8, 4) is 0 Å². The Morgan fingerprint density at radius 1 is 1.08 bits per heavy atom. The summed E-state index contributed by atoms with van der Waals surface area (Å²) in [5.74, 6) is -1.30. The number of rotatable bonds is 5. The standard InChI is InChI=1S/C16H13BrF3N3O3/c17-11-5-1-2-6-12(11)22-13(24)8-21-14(25)9-23-7-3-4-10(15(23)26)16(18,19)20/h1-7H,8-9H2,(H,21,25)(H,22,24). The van der Waals surface area contributed by atoms with Crippen LogP contribution in [0, 0.1) is 0 Å². The second-order valence-corrected chi connectivity index (χ2v) is 6.01. The summed E-state index contributed by atoms with van der Waals surface area (Å²) in [6.07, 6.45) is -3.74. The van der Waals surface area contributed by atoms with E-state index in [0.29, 0.717) is 20.8 Å². The number of carbonyl (C=O) groups excluding carboxylic acids is 2. The summed E-state index contributed by atoms with van der Waals surface area (Å²) in [6, 6.07) is 8.49. The summed E-state index contributed by atoms with van der Waals surface area (Å²) in [7, 11) is 0. The SMILES string of the molecule is O=C(Cn1cccc(C(F)(F)F)c1=O)NCC(=O)Nc1ccccc1Br. The maximum atomic E-state index is 12.7. The van der Waals surface area contributed by atoms with Gasteiger partial charge in [-0.2, -0.15) is 13.2 Å². The van der Waals surface area contributed by atoms with Gasteiger partial charge in [0.05, 0.1) is 12.2 Å². The van der Waals surface area contributed by atoms with E-state index in [4.69, 9.17) is 0 Å². The number of para-hydroxylation sites is 1. The van der Waals surface area contributed by atoms with Gasteiger partial charge in [-0.15, -0.1) is 0 Å². The minimum Gasteiger partial charge on any atom is -0.345 e. The molecule has 0 bridgehead atoms. The summed E-state index contributed by atoms with van der Waals surface area (Å²) in [5, 5.41) is 4.80. The highest BCUT2D eigenvalue weighted by atomic mass is 79.9. The second-order valence-electron chi connectivity index (χ2n) is 5.16. The fourth-order valence-electron chi connectivity index (χ4n) is 2.02. The van der Waals surface area contributed by atoms with E-state index in [9.17, 15) is 27.6 Å². The van der Waals surface area contributed by atoms with E-state index in [-0.39, 0.29) is 0 Å². The molecule has 0 atom stereocenters. The smallest absolute Gasteiger partial charge is 0.345 e. The summed E-state index contributed by atoms with van der Waals surface area (Å²) in [5.41, 5.74) is -2.19. The molecule has 1 heterocycles. The van der Waals surface area contributed by atoms with Crippen LogP contribution in [0.15, 0.2) is 51.9 Å². The van der Waals surface area contributed by atoms with Gasteiger partial charge in [0.1, 0.15) is 12.1 Å². The van der Waals surface area contributed by atoms with Crippen molar-refractivity contribution in [1.82, 2.24) is 9.88 Å². The number of anilines is 1. The van der Waals surface area contributed by atoms with Gasteiger partial charge in [0.25, 0.3) is 5.56 Å². The van der Waals surface area contributed by atoms with Crippen LogP contribution in [-0.4, -0.2) is 22.9 Å². The van der Waals surface area contributed by atoms with Crippen molar-refractivity contribution >= 4 is 33.4 Å². The van der Waals surface area contributed by atoms with Gasteiger partial charge in [-0.25, -0.2) is 0 Å². The number of carbonyl (C=O) groups is 2. The molecule has 0 saturated carbocycles. The molecular formula is C16H13BrF3N3O3. The van der Waals surface area contributed by atoms with E-state index < -0.39 is 42.2 Å². The largest absolute Gasteiger partial charge is 0.421 e. The normalized spacial score (nSPS) is 11.1. The Morgan fingerprint density at radius 2 is 1.77 bits per heavy atom. The molecule has 10 heteroatoms. The second kappa shape index (κ2) is 8.17. The molecular weight excluding hydrogens is 419 g/mol. The summed E-state index contributed by atoms with van der Waals surface area (Å²) < 4.78 is 39.3. The van der Waals surface area contributed by atoms with Gasteiger partial charge >= 0.3 is 6.18 Å². The van der Waals surface area contributed by atoms with Crippen molar-refractivity contribution in [2.45, 2.75) is 12.7 Å². The molecule has 1 aromatic carbocycles. The zero-order chi connectivity index (χ0) is 19.3. The number of aromatic nitrogens is 1. The van der Waals surface area contributed by atoms with Gasteiger partial charge in [0.2, 0.25) is 11.8 Å². The molecule has 0 saturated heterocycles. The molecule has 0 aliphatic carbocycles. The average molecular weight is 432 g/mol. The molecule has 2 N–H and O–H groups in total. The predicted octanol–water partition coefficient (Wildman–Crippen LogP) is 2.38. The summed E-state index contributed by atoms with van der Waals surface area (Å²) in [4.78, 5) is 35.4. The third kappa shape index (κ3) is 5.19. The number of amides is 2. The molecule has 1 aromatic heterocycles. The third-order valence-corrected chi connectivity index (χ3v) is 3.93. The quantitative estimate of drug-likeness (QED) is 0.762. The van der Waals surface area contributed by atoms with Crippen LogP contribution < -0.4 is 16.2 Å². The van der Waals surface area contributed by atoms with Crippen molar-refractivity contribution in [3.05, 3.63) is 63.0 Å². The molecule has 138 valence electrons. The minimum atomic E-state index is -4.81. The number of hydrogen-bond donors (Lipinski definition) is 2. The van der Waals surface area contributed by atoms with Crippen molar-refractivity contribution in [3.63, 3.8) is 0 Å². The number of pyridine rings is 1. The van der Waals surface area contributed by atoms with Gasteiger partial charge in [0, 0.05) is 10.7 Å². The Kier molecular flexibility index (Phi) is 6.19. The topological polar surface area (TPSA) is 80.2 Å². The molecule has 2 rings (SSSR count). The maximum absolute atomic E-state index is 12.7. The number of halogens is 4. The lowest BCUT2D eigenvalue weighted by molar-refractivity contribution is -0.139. The van der Waals surface area contributed by atoms with Gasteiger partial charge in [0.15, 0.2) is 0 Å². The molecule has 0 aliphatic rings. The lowest BCUT2D eigenvalue weighted by Gasteiger charge is -2.11. The van der Waals surface area contributed by atoms with E-state index in [2.05, 4.69) is 26.6 Å². The number of nitrogens with one attached hydrogen (secondary N) is 2. The minimum absolute atomic E-state index is 0.395. The predicted molar refractivity (Wildman–Crippen MR) is 91.5 cm³/mol. The van der Waals surface area contributed by atoms with Crippen LogP contribution >= 0.6 is 15.9 Å². The van der Waals surface area contributed by atoms with E-state index >= 15 is 0 Å². The molecule has 6 nitrogen and oxygen atoms in total. The van der Waals surface area contributed by atoms with Gasteiger partial charge in [-0.05, 0) is 40.2 Å². The van der Waals surface area contributed by atoms with Crippen LogP contribution in [0.4, 0.5) is 18.9 Å². The first-order chi connectivity index (χ1) is 12.2. The van der Waals surface area contributed by atoms with Crippen molar-refractivity contribution < 1.29 is 22.8 Å². The first-order valence-electron chi connectivity index (χ1n) is 7.26. The summed E-state index contributed by atoms with van der Waals surface area (Å²) in [6.45, 7) is -1.03. The zero-order valence-electron chi connectivity index (χ0n) is 13.1. The molecule has 0 fully saturated rings. The molecule has 0 unspecified atom stereocenters. The maximum Gasteiger partial charge on any atom is 0.421 e. The van der Waals surface area contributed by atoms with Crippen molar-refractivity contribution in [2.75, 3.05) is 11.9 Å². The monoisotopic (exact) mass is 431 g/mol. The molecule has 2 aromatic rings. The van der Waals surface area contributed by atoms with E-state index in [1.165, 1.54) is 0 Å². The van der Waals surface area contributed by atoms with Crippen molar-refractivity contribution in [2.24, 2.45) is 0 Å². The Bertz CT molecular complexity index is 881.